The number of hydrogen-bond donors (Lipinski definition) is 1. The molecule has 7 heteroatoms. The van der Waals surface area contributed by atoms with Gasteiger partial charge >= 0.3 is 6.09 Å². The van der Waals surface area contributed by atoms with Crippen LogP contribution in [0.4, 0.5) is 4.79 Å². The highest BCUT2D eigenvalue weighted by Crippen LogP contribution is 2.48. The van der Waals surface area contributed by atoms with Gasteiger partial charge in [0.25, 0.3) is 0 Å². The van der Waals surface area contributed by atoms with Gasteiger partial charge in [0.15, 0.2) is 8.24 Å². The molecule has 2 aliphatic heterocycles. The Morgan fingerprint density at radius 3 is 2.40 bits per heavy atom. The average molecular weight is 492 g/mol. The maximum Gasteiger partial charge on any atom is 0.407 e. The van der Waals surface area contributed by atoms with Gasteiger partial charge in [-0.1, -0.05) is 47.6 Å². The molecular weight excluding hydrogens is 454 g/mol. The number of rotatable bonds is 6. The quantitative estimate of drug-likeness (QED) is 0.358. The van der Waals surface area contributed by atoms with Gasteiger partial charge in [-0.15, -0.1) is 0 Å². The normalized spacial score (nSPS) is 19.7. The molecule has 3 aromatic rings. The zero-order valence-electron chi connectivity index (χ0n) is 21.7. The first-order valence-corrected chi connectivity index (χ1v) is 15.1. The third-order valence-electron chi connectivity index (χ3n) is 8.65. The van der Waals surface area contributed by atoms with Crippen molar-refractivity contribution in [2.24, 2.45) is 0 Å². The van der Waals surface area contributed by atoms with Crippen LogP contribution in [0.15, 0.2) is 42.7 Å². The van der Waals surface area contributed by atoms with E-state index in [-0.39, 0.29) is 12.0 Å². The smallest absolute Gasteiger partial charge is 0.407 e. The Morgan fingerprint density at radius 2 is 1.74 bits per heavy atom. The van der Waals surface area contributed by atoms with E-state index in [1.807, 2.05) is 18.3 Å². The molecule has 6 rings (SSSR count). The molecule has 2 unspecified atom stereocenters. The summed E-state index contributed by atoms with van der Waals surface area (Å²) in [6.45, 7) is 14.8. The molecule has 1 saturated heterocycles. The minimum Gasteiger partial charge on any atom is -0.465 e. The van der Waals surface area contributed by atoms with Gasteiger partial charge in [-0.3, -0.25) is 0 Å². The van der Waals surface area contributed by atoms with E-state index in [0.717, 1.165) is 40.9 Å². The maximum absolute atomic E-state index is 11.8. The van der Waals surface area contributed by atoms with Crippen molar-refractivity contribution in [3.8, 4) is 11.5 Å². The molecule has 0 saturated carbocycles. The summed E-state index contributed by atoms with van der Waals surface area (Å²) in [6, 6.07) is 10.2. The molecular formula is C28H37N3O3Si. The summed E-state index contributed by atoms with van der Waals surface area (Å²) >= 11 is 0. The van der Waals surface area contributed by atoms with E-state index in [0.29, 0.717) is 23.2 Å². The Kier molecular flexibility index (Phi) is 5.94. The number of fused-ring (bicyclic) bond motifs is 3. The number of benzene rings is 1. The van der Waals surface area contributed by atoms with E-state index >= 15 is 0 Å². The van der Waals surface area contributed by atoms with Crippen LogP contribution in [0.1, 0.15) is 77.5 Å². The monoisotopic (exact) mass is 491 g/mol. The second kappa shape index (κ2) is 8.70. The van der Waals surface area contributed by atoms with E-state index < -0.39 is 14.3 Å². The Balaban J connectivity index is 1.54. The van der Waals surface area contributed by atoms with Crippen LogP contribution in [0.2, 0.25) is 16.6 Å². The zero-order valence-corrected chi connectivity index (χ0v) is 22.7. The third kappa shape index (κ3) is 3.58. The van der Waals surface area contributed by atoms with Crippen molar-refractivity contribution >= 4 is 25.4 Å². The number of pyridine rings is 1. The summed E-state index contributed by atoms with van der Waals surface area (Å²) < 4.78 is 8.97. The van der Waals surface area contributed by atoms with Crippen molar-refractivity contribution in [3.05, 3.63) is 53.9 Å². The molecule has 4 heterocycles. The zero-order chi connectivity index (χ0) is 25.1. The fourth-order valence-electron chi connectivity index (χ4n) is 7.41. The van der Waals surface area contributed by atoms with Crippen molar-refractivity contribution in [1.82, 2.24) is 14.1 Å². The molecule has 186 valence electrons. The van der Waals surface area contributed by atoms with Gasteiger partial charge in [-0.05, 0) is 71.1 Å². The van der Waals surface area contributed by atoms with Crippen LogP contribution >= 0.6 is 0 Å². The van der Waals surface area contributed by atoms with Gasteiger partial charge < -0.3 is 19.0 Å². The molecule has 2 atom stereocenters. The Bertz CT molecular complexity index is 1240. The minimum atomic E-state index is -1.94. The van der Waals surface area contributed by atoms with Gasteiger partial charge in [-0.25, -0.2) is 9.78 Å². The molecule has 0 spiro atoms. The van der Waals surface area contributed by atoms with Crippen molar-refractivity contribution in [1.29, 1.82) is 0 Å². The van der Waals surface area contributed by atoms with Crippen LogP contribution < -0.4 is 4.74 Å². The highest BCUT2D eigenvalue weighted by molar-refractivity contribution is 6.82. The number of amides is 1. The molecule has 1 aliphatic carbocycles. The number of ether oxygens (including phenoxy) is 1. The minimum absolute atomic E-state index is 0.0793. The van der Waals surface area contributed by atoms with E-state index in [2.05, 4.69) is 70.2 Å². The lowest BCUT2D eigenvalue weighted by Gasteiger charge is -2.45. The molecule has 6 nitrogen and oxygen atoms in total. The fraction of sp³-hybridized carbons (Fsp3) is 0.500. The van der Waals surface area contributed by atoms with Crippen LogP contribution in [0, 0.1) is 0 Å². The second-order valence-corrected chi connectivity index (χ2v) is 16.9. The Morgan fingerprint density at radius 1 is 1.03 bits per heavy atom. The van der Waals surface area contributed by atoms with E-state index in [1.54, 1.807) is 4.90 Å². The Labute approximate surface area is 209 Å². The molecule has 2 aromatic heterocycles. The number of carbonyl (C=O) groups is 1. The average Bonchev–Trinajstić information content (AvgIpc) is 3.24. The molecule has 0 radical (unpaired) electrons. The van der Waals surface area contributed by atoms with Crippen LogP contribution in [-0.2, 0) is 0 Å². The molecule has 1 N–H and O–H groups in total. The number of piperidine rings is 1. The van der Waals surface area contributed by atoms with Crippen LogP contribution in [0.3, 0.4) is 0 Å². The van der Waals surface area contributed by atoms with E-state index in [1.165, 1.54) is 5.56 Å². The Hall–Kier alpha value is -2.80. The van der Waals surface area contributed by atoms with Gasteiger partial charge in [0.05, 0.1) is 11.4 Å². The van der Waals surface area contributed by atoms with Gasteiger partial charge in [0.1, 0.15) is 17.1 Å². The predicted molar refractivity (Wildman–Crippen MR) is 142 cm³/mol. The lowest BCUT2D eigenvalue weighted by molar-refractivity contribution is 0.0892. The number of carboxylic acid groups (broad SMARTS) is 1. The lowest BCUT2D eigenvalue weighted by atomic mass is 9.75. The maximum atomic E-state index is 11.8. The third-order valence-corrected chi connectivity index (χ3v) is 15.4. The van der Waals surface area contributed by atoms with Crippen LogP contribution in [0.5, 0.6) is 11.5 Å². The van der Waals surface area contributed by atoms with Crippen molar-refractivity contribution in [3.63, 3.8) is 0 Å². The van der Waals surface area contributed by atoms with Crippen molar-refractivity contribution in [2.45, 2.75) is 83.0 Å². The first-order valence-electron chi connectivity index (χ1n) is 12.9. The van der Waals surface area contributed by atoms with Crippen molar-refractivity contribution < 1.29 is 14.6 Å². The standard InChI is InChI=1S/C28H37N3O3Si/c1-17(2)35(18(3)4,19(5)6)31-14-12-23-26(11-13-29-27(23)31)34-21-8-9-22-20-7-10-25(24(22)15-21)30(16-20)28(32)33/h8-9,11-15,17-20,25H,7,10,16H2,1-6H3,(H,32,33). The number of aromatic nitrogens is 2. The van der Waals surface area contributed by atoms with E-state index in [9.17, 15) is 9.90 Å². The second-order valence-electron chi connectivity index (χ2n) is 11.2. The number of nitrogens with zero attached hydrogens (tertiary/aromatic N) is 3. The largest absolute Gasteiger partial charge is 0.465 e. The SMILES string of the molecule is CC(C)[Si](C(C)C)(C(C)C)n1ccc2c(Oc3ccc4c(c3)C3CCC4CN3C(=O)O)ccnc21. The summed E-state index contributed by atoms with van der Waals surface area (Å²) in [7, 11) is -1.94. The van der Waals surface area contributed by atoms with Gasteiger partial charge in [0.2, 0.25) is 0 Å². The molecule has 35 heavy (non-hydrogen) atoms. The molecule has 3 aliphatic rings. The van der Waals surface area contributed by atoms with Gasteiger partial charge in [-0.2, -0.15) is 0 Å². The topological polar surface area (TPSA) is 67.6 Å². The molecule has 1 fully saturated rings. The van der Waals surface area contributed by atoms with E-state index in [4.69, 9.17) is 9.72 Å². The molecule has 1 amide bonds. The predicted octanol–water partition coefficient (Wildman–Crippen LogP) is 7.76. The number of hydrogen-bond acceptors (Lipinski definition) is 3. The molecule has 2 bridgehead atoms. The summed E-state index contributed by atoms with van der Waals surface area (Å²) in [5.74, 6) is 1.83. The fourth-order valence-corrected chi connectivity index (χ4v) is 14.0. The van der Waals surface area contributed by atoms with Crippen LogP contribution in [-0.4, -0.2) is 40.1 Å². The highest BCUT2D eigenvalue weighted by atomic mass is 28.3. The van der Waals surface area contributed by atoms with Crippen LogP contribution in [0.25, 0.3) is 11.0 Å². The van der Waals surface area contributed by atoms with Gasteiger partial charge in [0, 0.05) is 18.7 Å². The first-order chi connectivity index (χ1) is 16.7. The highest BCUT2D eigenvalue weighted by Gasteiger charge is 2.46. The summed E-state index contributed by atoms with van der Waals surface area (Å²) in [5, 5.41) is 10.7. The lowest BCUT2D eigenvalue weighted by Crippen LogP contribution is -2.51. The van der Waals surface area contributed by atoms with Crippen molar-refractivity contribution in [2.75, 3.05) is 6.54 Å². The summed E-state index contributed by atoms with van der Waals surface area (Å²) in [4.78, 5) is 18.2. The first kappa shape index (κ1) is 23.9. The molecule has 1 aromatic carbocycles. The summed E-state index contributed by atoms with van der Waals surface area (Å²) in [5.41, 5.74) is 5.08. The summed E-state index contributed by atoms with van der Waals surface area (Å²) in [6.07, 6.45) is 5.17.